The lowest BCUT2D eigenvalue weighted by Crippen LogP contribution is -2.38. The molecule has 2 aromatic rings. The van der Waals surface area contributed by atoms with Crippen molar-refractivity contribution in [3.63, 3.8) is 0 Å². The van der Waals surface area contributed by atoms with Crippen molar-refractivity contribution in [1.29, 1.82) is 0 Å². The Labute approximate surface area is 141 Å². The molecule has 1 amide bonds. The Hall–Kier alpha value is -2.45. The quantitative estimate of drug-likeness (QED) is 0.595. The zero-order chi connectivity index (χ0) is 17.7. The molecule has 0 aliphatic heterocycles. The van der Waals surface area contributed by atoms with Crippen molar-refractivity contribution < 1.29 is 17.8 Å². The summed E-state index contributed by atoms with van der Waals surface area (Å²) in [5.74, 6) is -0.240. The number of carbonyl (C=O) groups excluding carboxylic acids is 1. The zero-order valence-electron chi connectivity index (χ0n) is 13.7. The number of imidazole rings is 1. The second-order valence-corrected chi connectivity index (χ2v) is 7.59. The highest BCUT2D eigenvalue weighted by Crippen LogP contribution is 2.17. The van der Waals surface area contributed by atoms with E-state index in [1.807, 2.05) is 10.8 Å². The molecular formula is C16H21N4O3S+. The van der Waals surface area contributed by atoms with E-state index in [9.17, 15) is 13.2 Å². The van der Waals surface area contributed by atoms with Crippen molar-refractivity contribution in [3.8, 4) is 0 Å². The van der Waals surface area contributed by atoms with Crippen molar-refractivity contribution in [1.82, 2.24) is 8.87 Å². The van der Waals surface area contributed by atoms with Crippen molar-refractivity contribution >= 4 is 21.6 Å². The van der Waals surface area contributed by atoms with E-state index in [1.165, 1.54) is 26.2 Å². The Morgan fingerprint density at radius 1 is 1.42 bits per heavy atom. The van der Waals surface area contributed by atoms with Crippen LogP contribution in [0.5, 0.6) is 0 Å². The van der Waals surface area contributed by atoms with Crippen LogP contribution >= 0.6 is 0 Å². The number of amides is 1. The Morgan fingerprint density at radius 2 is 2.17 bits per heavy atom. The number of carbonyl (C=O) groups is 1. The van der Waals surface area contributed by atoms with Crippen LogP contribution in [0.4, 0.5) is 5.69 Å². The minimum Gasteiger partial charge on any atom is -0.323 e. The summed E-state index contributed by atoms with van der Waals surface area (Å²) in [6, 6.07) is 6.19. The first-order valence-corrected chi connectivity index (χ1v) is 8.75. The number of hydrogen-bond donors (Lipinski definition) is 1. The third kappa shape index (κ3) is 4.30. The molecule has 0 aliphatic rings. The topological polar surface area (TPSA) is 75.3 Å². The Morgan fingerprint density at radius 3 is 2.83 bits per heavy atom. The van der Waals surface area contributed by atoms with Gasteiger partial charge in [-0.2, -0.15) is 0 Å². The molecule has 7 nitrogen and oxygen atoms in total. The van der Waals surface area contributed by atoms with E-state index in [0.29, 0.717) is 12.2 Å². The highest BCUT2D eigenvalue weighted by Gasteiger charge is 2.18. The minimum atomic E-state index is -3.53. The van der Waals surface area contributed by atoms with Gasteiger partial charge >= 0.3 is 0 Å². The fourth-order valence-electron chi connectivity index (χ4n) is 2.10. The van der Waals surface area contributed by atoms with Crippen LogP contribution in [0.15, 0.2) is 60.5 Å². The summed E-state index contributed by atoms with van der Waals surface area (Å²) in [6.07, 6.45) is 7.20. The summed E-state index contributed by atoms with van der Waals surface area (Å²) < 4.78 is 29.0. The van der Waals surface area contributed by atoms with Crippen molar-refractivity contribution in [3.05, 3.63) is 55.6 Å². The number of sulfonamides is 1. The molecule has 1 aromatic heterocycles. The largest absolute Gasteiger partial charge is 0.323 e. The molecule has 0 saturated carbocycles. The highest BCUT2D eigenvalue weighted by molar-refractivity contribution is 7.89. The average Bonchev–Trinajstić information content (AvgIpc) is 2.94. The number of benzene rings is 1. The van der Waals surface area contributed by atoms with Crippen molar-refractivity contribution in [2.45, 2.75) is 18.0 Å². The molecule has 0 unspecified atom stereocenters. The number of anilines is 1. The molecule has 1 N–H and O–H groups in total. The van der Waals surface area contributed by atoms with Gasteiger partial charge in [0.05, 0.1) is 4.90 Å². The monoisotopic (exact) mass is 349 g/mol. The maximum atomic E-state index is 12.1. The van der Waals surface area contributed by atoms with Gasteiger partial charge in [0.15, 0.2) is 6.54 Å². The summed E-state index contributed by atoms with van der Waals surface area (Å²) in [6.45, 7) is 4.46. The first kappa shape index (κ1) is 17.9. The lowest BCUT2D eigenvalue weighted by molar-refractivity contribution is -0.683. The fourth-order valence-corrected chi connectivity index (χ4v) is 3.05. The number of nitrogens with zero attached hydrogens (tertiary/aromatic N) is 3. The van der Waals surface area contributed by atoms with Crippen LogP contribution in [0.2, 0.25) is 0 Å². The van der Waals surface area contributed by atoms with Crippen molar-refractivity contribution in [2.24, 2.45) is 0 Å². The van der Waals surface area contributed by atoms with Crippen LogP contribution in [0, 0.1) is 0 Å². The van der Waals surface area contributed by atoms with E-state index >= 15 is 0 Å². The summed E-state index contributed by atoms with van der Waals surface area (Å²) in [5.41, 5.74) is 0.439. The van der Waals surface area contributed by atoms with Crippen LogP contribution in [0.25, 0.3) is 0 Å². The van der Waals surface area contributed by atoms with Gasteiger partial charge in [-0.25, -0.2) is 21.9 Å². The van der Waals surface area contributed by atoms with E-state index in [-0.39, 0.29) is 17.3 Å². The Kier molecular flexibility index (Phi) is 5.53. The zero-order valence-corrected chi connectivity index (χ0v) is 14.5. The number of hydrogen-bond acceptors (Lipinski definition) is 3. The molecule has 1 heterocycles. The summed E-state index contributed by atoms with van der Waals surface area (Å²) >= 11 is 0. The molecule has 0 radical (unpaired) electrons. The number of aromatic nitrogens is 2. The van der Waals surface area contributed by atoms with Crippen LogP contribution in [-0.2, 0) is 27.9 Å². The molecule has 24 heavy (non-hydrogen) atoms. The Balaban J connectivity index is 2.07. The highest BCUT2D eigenvalue weighted by atomic mass is 32.2. The van der Waals surface area contributed by atoms with Gasteiger partial charge in [-0.3, -0.25) is 4.79 Å². The number of nitrogens with one attached hydrogen (secondary N) is 1. The predicted molar refractivity (Wildman–Crippen MR) is 90.8 cm³/mol. The first-order valence-electron chi connectivity index (χ1n) is 7.31. The van der Waals surface area contributed by atoms with Gasteiger partial charge in [-0.05, 0) is 18.2 Å². The molecule has 0 bridgehead atoms. The second kappa shape index (κ2) is 7.41. The van der Waals surface area contributed by atoms with Gasteiger partial charge in [0.25, 0.3) is 5.91 Å². The Bertz CT molecular complexity index is 841. The van der Waals surface area contributed by atoms with E-state index in [4.69, 9.17) is 0 Å². The first-order chi connectivity index (χ1) is 11.3. The van der Waals surface area contributed by atoms with Gasteiger partial charge in [0.1, 0.15) is 18.9 Å². The maximum absolute atomic E-state index is 12.1. The molecule has 2 rings (SSSR count). The van der Waals surface area contributed by atoms with Crippen LogP contribution < -0.4 is 9.88 Å². The SMILES string of the molecule is C=CCn1cc[n+](CC(=O)Nc2cccc(S(=O)(=O)N(C)C)c2)c1. The van der Waals surface area contributed by atoms with E-state index in [1.54, 1.807) is 35.3 Å². The molecule has 8 heteroatoms. The lowest BCUT2D eigenvalue weighted by Gasteiger charge is -2.12. The molecule has 0 spiro atoms. The van der Waals surface area contributed by atoms with E-state index in [0.717, 1.165) is 4.31 Å². The van der Waals surface area contributed by atoms with Gasteiger partial charge in [-0.1, -0.05) is 18.7 Å². The minimum absolute atomic E-state index is 0.134. The van der Waals surface area contributed by atoms with Crippen molar-refractivity contribution in [2.75, 3.05) is 19.4 Å². The second-order valence-electron chi connectivity index (χ2n) is 5.43. The third-order valence-corrected chi connectivity index (χ3v) is 5.12. The summed E-state index contributed by atoms with van der Waals surface area (Å²) in [5, 5.41) is 2.71. The molecular weight excluding hydrogens is 328 g/mol. The average molecular weight is 349 g/mol. The van der Waals surface area contributed by atoms with E-state index < -0.39 is 10.0 Å². The maximum Gasteiger partial charge on any atom is 0.266 e. The summed E-state index contributed by atoms with van der Waals surface area (Å²) in [7, 11) is -0.606. The van der Waals surface area contributed by atoms with Gasteiger partial charge in [0, 0.05) is 19.8 Å². The van der Waals surface area contributed by atoms with Gasteiger partial charge in [0.2, 0.25) is 16.4 Å². The van der Waals surface area contributed by atoms with Crippen LogP contribution in [0.1, 0.15) is 0 Å². The smallest absolute Gasteiger partial charge is 0.266 e. The lowest BCUT2D eigenvalue weighted by atomic mass is 10.3. The predicted octanol–water partition coefficient (Wildman–Crippen LogP) is 0.851. The fraction of sp³-hybridized carbons (Fsp3) is 0.250. The number of allylic oxidation sites excluding steroid dienone is 1. The molecule has 0 aliphatic carbocycles. The molecule has 0 fully saturated rings. The van der Waals surface area contributed by atoms with E-state index in [2.05, 4.69) is 11.9 Å². The van der Waals surface area contributed by atoms with Crippen LogP contribution in [0.3, 0.4) is 0 Å². The molecule has 0 atom stereocenters. The molecule has 128 valence electrons. The standard InChI is InChI=1S/C16H20N4O3S/c1-4-8-19-9-10-20(13-19)12-16(21)17-14-6-5-7-15(11-14)24(22,23)18(2)3/h4-7,9-11,13H,1,8,12H2,2-3H3/p+1. The molecule has 1 aromatic carbocycles. The third-order valence-electron chi connectivity index (χ3n) is 3.31. The normalized spacial score (nSPS) is 11.5. The molecule has 0 saturated heterocycles. The van der Waals surface area contributed by atoms with Crippen LogP contribution in [-0.4, -0.2) is 37.3 Å². The summed E-state index contributed by atoms with van der Waals surface area (Å²) in [4.78, 5) is 12.3. The van der Waals surface area contributed by atoms with Gasteiger partial charge < -0.3 is 5.32 Å². The number of rotatable bonds is 7. The van der Waals surface area contributed by atoms with Gasteiger partial charge in [-0.15, -0.1) is 0 Å².